The molecule has 0 fully saturated rings. The van der Waals surface area contributed by atoms with E-state index >= 15 is 0 Å². The fourth-order valence-corrected chi connectivity index (χ4v) is 1.92. The molecule has 0 saturated carbocycles. The molecule has 0 unspecified atom stereocenters. The molecule has 1 aromatic carbocycles. The molecule has 0 saturated heterocycles. The maximum atomic E-state index is 10.6. The maximum Gasteiger partial charge on any atom is 0.269 e. The Kier molecular flexibility index (Phi) is 3.14. The average molecular weight is 245 g/mol. The average Bonchev–Trinajstić information content (AvgIpc) is 2.71. The molecular weight excluding hydrogens is 230 g/mol. The van der Waals surface area contributed by atoms with Gasteiger partial charge in [-0.15, -0.1) is 0 Å². The summed E-state index contributed by atoms with van der Waals surface area (Å²) < 4.78 is 1.77. The fraction of sp³-hybridized carbons (Fsp3) is 0.308. The highest BCUT2D eigenvalue weighted by Gasteiger charge is 2.14. The highest BCUT2D eigenvalue weighted by molar-refractivity contribution is 5.67. The second-order valence-corrected chi connectivity index (χ2v) is 4.56. The van der Waals surface area contributed by atoms with Gasteiger partial charge in [-0.3, -0.25) is 14.8 Å². The van der Waals surface area contributed by atoms with Crippen LogP contribution < -0.4 is 0 Å². The fourth-order valence-electron chi connectivity index (χ4n) is 1.92. The lowest BCUT2D eigenvalue weighted by atomic mass is 10.00. The van der Waals surface area contributed by atoms with E-state index < -0.39 is 4.92 Å². The third kappa shape index (κ3) is 2.25. The molecule has 0 N–H and O–H groups in total. The molecule has 0 amide bonds. The Bertz CT molecular complexity index is 570. The van der Waals surface area contributed by atoms with E-state index in [0.29, 0.717) is 5.92 Å². The third-order valence-corrected chi connectivity index (χ3v) is 2.79. The lowest BCUT2D eigenvalue weighted by Crippen LogP contribution is -1.93. The minimum absolute atomic E-state index is 0.105. The van der Waals surface area contributed by atoms with E-state index in [9.17, 15) is 10.1 Å². The molecule has 0 bridgehead atoms. The van der Waals surface area contributed by atoms with Crippen molar-refractivity contribution in [1.82, 2.24) is 9.78 Å². The van der Waals surface area contributed by atoms with Crippen LogP contribution in [-0.4, -0.2) is 14.7 Å². The lowest BCUT2D eigenvalue weighted by Gasteiger charge is -2.04. The molecule has 1 heterocycles. The Morgan fingerprint density at radius 2 is 1.89 bits per heavy atom. The molecule has 0 aliphatic rings. The van der Waals surface area contributed by atoms with Gasteiger partial charge in [-0.05, 0) is 23.6 Å². The van der Waals surface area contributed by atoms with Gasteiger partial charge in [0.25, 0.3) is 5.69 Å². The summed E-state index contributed by atoms with van der Waals surface area (Å²) in [6, 6.07) is 6.57. The van der Waals surface area contributed by atoms with Gasteiger partial charge in [0, 0.05) is 30.9 Å². The van der Waals surface area contributed by atoms with Crippen LogP contribution in [0, 0.1) is 10.1 Å². The zero-order valence-corrected chi connectivity index (χ0v) is 10.6. The van der Waals surface area contributed by atoms with Crippen molar-refractivity contribution in [2.45, 2.75) is 19.8 Å². The smallest absolute Gasteiger partial charge is 0.269 e. The van der Waals surface area contributed by atoms with E-state index in [2.05, 4.69) is 18.9 Å². The van der Waals surface area contributed by atoms with Gasteiger partial charge in [-0.1, -0.05) is 13.8 Å². The Balaban J connectivity index is 2.45. The lowest BCUT2D eigenvalue weighted by molar-refractivity contribution is -0.384. The molecule has 0 aliphatic carbocycles. The maximum absolute atomic E-state index is 10.6. The number of aromatic nitrogens is 2. The second-order valence-electron chi connectivity index (χ2n) is 4.56. The zero-order chi connectivity index (χ0) is 13.3. The minimum Gasteiger partial charge on any atom is -0.275 e. The summed E-state index contributed by atoms with van der Waals surface area (Å²) in [5.41, 5.74) is 3.10. The zero-order valence-electron chi connectivity index (χ0n) is 10.6. The molecule has 0 radical (unpaired) electrons. The number of aryl methyl sites for hydroxylation is 1. The van der Waals surface area contributed by atoms with Gasteiger partial charge in [0.05, 0.1) is 10.6 Å². The van der Waals surface area contributed by atoms with Gasteiger partial charge < -0.3 is 0 Å². The van der Waals surface area contributed by atoms with Crippen molar-refractivity contribution in [1.29, 1.82) is 0 Å². The van der Waals surface area contributed by atoms with Crippen molar-refractivity contribution in [2.24, 2.45) is 7.05 Å². The first-order valence-corrected chi connectivity index (χ1v) is 5.77. The van der Waals surface area contributed by atoms with Gasteiger partial charge in [-0.25, -0.2) is 0 Å². The van der Waals surface area contributed by atoms with Crippen molar-refractivity contribution in [2.75, 3.05) is 0 Å². The van der Waals surface area contributed by atoms with Crippen LogP contribution in [-0.2, 0) is 7.05 Å². The number of nitro benzene ring substituents is 1. The van der Waals surface area contributed by atoms with Crippen LogP contribution in [0.4, 0.5) is 5.69 Å². The van der Waals surface area contributed by atoms with Crippen molar-refractivity contribution in [3.63, 3.8) is 0 Å². The number of nitrogens with zero attached hydrogens (tertiary/aromatic N) is 3. The van der Waals surface area contributed by atoms with Crippen molar-refractivity contribution >= 4 is 5.69 Å². The number of rotatable bonds is 3. The predicted molar refractivity (Wildman–Crippen MR) is 69.4 cm³/mol. The summed E-state index contributed by atoms with van der Waals surface area (Å²) in [5, 5.41) is 15.0. The molecular formula is C13H15N3O2. The highest BCUT2D eigenvalue weighted by atomic mass is 16.6. The topological polar surface area (TPSA) is 61.0 Å². The molecule has 0 aliphatic heterocycles. The molecule has 5 heteroatoms. The molecule has 0 atom stereocenters. The third-order valence-electron chi connectivity index (χ3n) is 2.79. The molecule has 2 aromatic rings. The first kappa shape index (κ1) is 12.3. The number of hydrogen-bond acceptors (Lipinski definition) is 3. The van der Waals surface area contributed by atoms with Gasteiger partial charge in [-0.2, -0.15) is 5.10 Å². The Morgan fingerprint density at radius 1 is 1.28 bits per heavy atom. The monoisotopic (exact) mass is 245 g/mol. The molecule has 2 rings (SSSR count). The van der Waals surface area contributed by atoms with E-state index in [0.717, 1.165) is 16.8 Å². The van der Waals surface area contributed by atoms with E-state index in [4.69, 9.17) is 0 Å². The van der Waals surface area contributed by atoms with E-state index in [1.54, 1.807) is 16.8 Å². The van der Waals surface area contributed by atoms with Crippen LogP contribution in [0.1, 0.15) is 25.5 Å². The second kappa shape index (κ2) is 4.60. The number of non-ortho nitro benzene ring substituents is 1. The van der Waals surface area contributed by atoms with Gasteiger partial charge >= 0.3 is 0 Å². The minimum atomic E-state index is -0.392. The van der Waals surface area contributed by atoms with Crippen LogP contribution in [0.5, 0.6) is 0 Å². The van der Waals surface area contributed by atoms with Crippen LogP contribution in [0.3, 0.4) is 0 Å². The quantitative estimate of drug-likeness (QED) is 0.616. The van der Waals surface area contributed by atoms with Crippen molar-refractivity contribution in [3.05, 3.63) is 46.3 Å². The standard InChI is InChI=1S/C13H15N3O2/c1-9(2)13-12(8-15(3)14-13)10-4-6-11(7-5-10)16(17)18/h4-9H,1-3H3. The largest absolute Gasteiger partial charge is 0.275 e. The SMILES string of the molecule is CC(C)c1nn(C)cc1-c1ccc([N+](=O)[O-])cc1. The van der Waals surface area contributed by atoms with Gasteiger partial charge in [0.15, 0.2) is 0 Å². The number of benzene rings is 1. The van der Waals surface area contributed by atoms with Crippen LogP contribution >= 0.6 is 0 Å². The van der Waals surface area contributed by atoms with Gasteiger partial charge in [0.2, 0.25) is 0 Å². The first-order valence-electron chi connectivity index (χ1n) is 5.77. The molecule has 5 nitrogen and oxygen atoms in total. The van der Waals surface area contributed by atoms with Crippen molar-refractivity contribution in [3.8, 4) is 11.1 Å². The van der Waals surface area contributed by atoms with Crippen LogP contribution in [0.2, 0.25) is 0 Å². The number of hydrogen-bond donors (Lipinski definition) is 0. The Hall–Kier alpha value is -2.17. The molecule has 18 heavy (non-hydrogen) atoms. The summed E-state index contributed by atoms with van der Waals surface area (Å²) in [5.74, 6) is 0.316. The summed E-state index contributed by atoms with van der Waals surface area (Å²) in [6.07, 6.45) is 1.94. The Morgan fingerprint density at radius 3 is 2.39 bits per heavy atom. The van der Waals surface area contributed by atoms with Crippen LogP contribution in [0.25, 0.3) is 11.1 Å². The normalized spacial score (nSPS) is 10.9. The molecule has 0 spiro atoms. The van der Waals surface area contributed by atoms with Crippen molar-refractivity contribution < 1.29 is 4.92 Å². The number of nitro groups is 1. The summed E-state index contributed by atoms with van der Waals surface area (Å²) in [6.45, 7) is 4.16. The van der Waals surface area contributed by atoms with E-state index in [-0.39, 0.29) is 5.69 Å². The first-order chi connectivity index (χ1) is 8.49. The molecule has 94 valence electrons. The highest BCUT2D eigenvalue weighted by Crippen LogP contribution is 2.29. The van der Waals surface area contributed by atoms with E-state index in [1.165, 1.54) is 12.1 Å². The summed E-state index contributed by atoms with van der Waals surface area (Å²) >= 11 is 0. The van der Waals surface area contributed by atoms with E-state index in [1.807, 2.05) is 13.2 Å². The summed E-state index contributed by atoms with van der Waals surface area (Å²) in [4.78, 5) is 10.2. The van der Waals surface area contributed by atoms with Crippen LogP contribution in [0.15, 0.2) is 30.5 Å². The van der Waals surface area contributed by atoms with Gasteiger partial charge in [0.1, 0.15) is 0 Å². The molecule has 1 aromatic heterocycles. The predicted octanol–water partition coefficient (Wildman–Crippen LogP) is 3.12. The Labute approximate surface area is 105 Å². The summed E-state index contributed by atoms with van der Waals surface area (Å²) in [7, 11) is 1.88.